The normalized spacial score (nSPS) is 29.3. The molecule has 1 heterocycles. The molecule has 1 fully saturated rings. The zero-order valence-corrected chi connectivity index (χ0v) is 9.22. The van der Waals surface area contributed by atoms with Gasteiger partial charge in [0.25, 0.3) is 0 Å². The summed E-state index contributed by atoms with van der Waals surface area (Å²) in [6.07, 6.45) is -0.533. The summed E-state index contributed by atoms with van der Waals surface area (Å²) in [6, 6.07) is 0. The van der Waals surface area contributed by atoms with Gasteiger partial charge in [-0.25, -0.2) is 0 Å². The van der Waals surface area contributed by atoms with Crippen LogP contribution >= 0.6 is 0 Å². The Bertz CT molecular complexity index is 221. The molecule has 3 atom stereocenters. The quantitative estimate of drug-likeness (QED) is 0.658. The molecule has 0 amide bonds. The molecule has 1 aliphatic heterocycles. The van der Waals surface area contributed by atoms with Crippen LogP contribution in [-0.2, 0) is 9.53 Å². The highest BCUT2D eigenvalue weighted by molar-refractivity contribution is 5.71. The average Bonchev–Trinajstić information content (AvgIpc) is 2.47. The van der Waals surface area contributed by atoms with Crippen LogP contribution in [0.4, 0.5) is 0 Å². The number of nitrogens with zero attached hydrogens (tertiary/aromatic N) is 1. The maximum atomic E-state index is 10.9. The minimum atomic E-state index is -0.744. The van der Waals surface area contributed by atoms with Gasteiger partial charge in [-0.15, -0.1) is 0 Å². The van der Waals surface area contributed by atoms with Crippen molar-refractivity contribution in [2.24, 2.45) is 11.8 Å². The van der Waals surface area contributed by atoms with Crippen LogP contribution in [0.1, 0.15) is 6.92 Å². The lowest BCUT2D eigenvalue weighted by atomic mass is 9.99. The Hall–Kier alpha value is -0.650. The molecule has 2 N–H and O–H groups in total. The van der Waals surface area contributed by atoms with Crippen molar-refractivity contribution in [3.05, 3.63) is 0 Å². The van der Waals surface area contributed by atoms with Crippen LogP contribution in [-0.4, -0.2) is 60.5 Å². The maximum Gasteiger partial charge on any atom is 0.308 e. The molecule has 0 aromatic rings. The predicted molar refractivity (Wildman–Crippen MR) is 54.6 cm³/mol. The molecule has 1 aliphatic rings. The first-order valence-corrected chi connectivity index (χ1v) is 5.16. The molecular formula is C10H19NO4. The zero-order chi connectivity index (χ0) is 11.4. The molecule has 0 bridgehead atoms. The third-order valence-electron chi connectivity index (χ3n) is 2.83. The minimum Gasteiger partial charge on any atom is -0.481 e. The molecule has 0 aromatic carbocycles. The summed E-state index contributed by atoms with van der Waals surface area (Å²) in [4.78, 5) is 12.8. The van der Waals surface area contributed by atoms with Gasteiger partial charge in [-0.2, -0.15) is 0 Å². The molecule has 88 valence electrons. The van der Waals surface area contributed by atoms with E-state index in [9.17, 15) is 9.90 Å². The topological polar surface area (TPSA) is 70.0 Å². The number of hydrogen-bond donors (Lipinski definition) is 2. The van der Waals surface area contributed by atoms with Crippen LogP contribution in [0.5, 0.6) is 0 Å². The van der Waals surface area contributed by atoms with Crippen LogP contribution < -0.4 is 0 Å². The summed E-state index contributed by atoms with van der Waals surface area (Å²) < 4.78 is 4.82. The van der Waals surface area contributed by atoms with E-state index in [2.05, 4.69) is 0 Å². The summed E-state index contributed by atoms with van der Waals surface area (Å²) in [5.41, 5.74) is 0. The fourth-order valence-corrected chi connectivity index (χ4v) is 2.08. The summed E-state index contributed by atoms with van der Waals surface area (Å²) in [5.74, 6) is -0.900. The van der Waals surface area contributed by atoms with E-state index in [1.165, 1.54) is 7.11 Å². The van der Waals surface area contributed by atoms with Crippen molar-refractivity contribution in [1.29, 1.82) is 0 Å². The van der Waals surface area contributed by atoms with Crippen LogP contribution in [0, 0.1) is 11.8 Å². The van der Waals surface area contributed by atoms with Crippen molar-refractivity contribution in [3.63, 3.8) is 0 Å². The molecule has 15 heavy (non-hydrogen) atoms. The molecular weight excluding hydrogens is 198 g/mol. The number of aliphatic hydroxyl groups excluding tert-OH is 1. The number of methoxy groups -OCH3 is 1. The lowest BCUT2D eigenvalue weighted by molar-refractivity contribution is -0.142. The summed E-state index contributed by atoms with van der Waals surface area (Å²) >= 11 is 0. The van der Waals surface area contributed by atoms with E-state index in [1.54, 1.807) is 0 Å². The molecule has 0 saturated carbocycles. The van der Waals surface area contributed by atoms with Gasteiger partial charge in [0, 0.05) is 26.7 Å². The van der Waals surface area contributed by atoms with E-state index in [0.29, 0.717) is 19.7 Å². The van der Waals surface area contributed by atoms with Crippen LogP contribution in [0.15, 0.2) is 0 Å². The highest BCUT2D eigenvalue weighted by Crippen LogP contribution is 2.22. The number of β-amino-alcohol motifs (C(OH)–C–C–N with tert-alkyl or cyclic N) is 1. The SMILES string of the molecule is COCC(O)CN1CC(C)C(C(=O)O)C1. The lowest BCUT2D eigenvalue weighted by Crippen LogP contribution is -2.33. The van der Waals surface area contributed by atoms with Crippen LogP contribution in [0.2, 0.25) is 0 Å². The van der Waals surface area contributed by atoms with Gasteiger partial charge in [0.05, 0.1) is 18.6 Å². The van der Waals surface area contributed by atoms with E-state index in [-0.39, 0.29) is 11.8 Å². The maximum absolute atomic E-state index is 10.9. The van der Waals surface area contributed by atoms with Gasteiger partial charge >= 0.3 is 5.97 Å². The van der Waals surface area contributed by atoms with Gasteiger partial charge in [0.15, 0.2) is 0 Å². The summed E-state index contributed by atoms with van der Waals surface area (Å²) in [5, 5.41) is 18.4. The molecule has 0 spiro atoms. The molecule has 5 nitrogen and oxygen atoms in total. The van der Waals surface area contributed by atoms with E-state index in [1.807, 2.05) is 11.8 Å². The molecule has 3 unspecified atom stereocenters. The van der Waals surface area contributed by atoms with Crippen molar-refractivity contribution >= 4 is 5.97 Å². The van der Waals surface area contributed by atoms with Crippen molar-refractivity contribution in [1.82, 2.24) is 4.90 Å². The van der Waals surface area contributed by atoms with Gasteiger partial charge in [-0.05, 0) is 5.92 Å². The fraction of sp³-hybridized carbons (Fsp3) is 0.900. The van der Waals surface area contributed by atoms with E-state index < -0.39 is 12.1 Å². The van der Waals surface area contributed by atoms with Crippen LogP contribution in [0.25, 0.3) is 0 Å². The number of aliphatic hydroxyl groups is 1. The molecule has 5 heteroatoms. The molecule has 1 rings (SSSR count). The van der Waals surface area contributed by atoms with E-state index in [0.717, 1.165) is 6.54 Å². The molecule has 0 radical (unpaired) electrons. The molecule has 0 aromatic heterocycles. The number of aliphatic carboxylic acids is 1. The average molecular weight is 217 g/mol. The van der Waals surface area contributed by atoms with Gasteiger partial charge in [-0.3, -0.25) is 9.69 Å². The number of carbonyl (C=O) groups is 1. The summed E-state index contributed by atoms with van der Waals surface area (Å²) in [7, 11) is 1.54. The summed E-state index contributed by atoms with van der Waals surface area (Å²) in [6.45, 7) is 3.97. The Morgan fingerprint density at radius 1 is 1.60 bits per heavy atom. The minimum absolute atomic E-state index is 0.150. The molecule has 0 aliphatic carbocycles. The van der Waals surface area contributed by atoms with Crippen LogP contribution in [0.3, 0.4) is 0 Å². The van der Waals surface area contributed by atoms with Gasteiger partial charge < -0.3 is 14.9 Å². The highest BCUT2D eigenvalue weighted by atomic mass is 16.5. The second-order valence-electron chi connectivity index (χ2n) is 4.25. The number of carboxylic acids is 1. The van der Waals surface area contributed by atoms with E-state index >= 15 is 0 Å². The van der Waals surface area contributed by atoms with E-state index in [4.69, 9.17) is 9.84 Å². The monoisotopic (exact) mass is 217 g/mol. The standard InChI is InChI=1S/C10H19NO4/c1-7-3-11(4-8(12)6-15-2)5-9(7)10(13)14/h7-9,12H,3-6H2,1-2H3,(H,13,14). The number of hydrogen-bond acceptors (Lipinski definition) is 4. The first-order valence-electron chi connectivity index (χ1n) is 5.16. The predicted octanol–water partition coefficient (Wildman–Crippen LogP) is -0.354. The van der Waals surface area contributed by atoms with Crippen molar-refractivity contribution in [2.75, 3.05) is 33.4 Å². The highest BCUT2D eigenvalue weighted by Gasteiger charge is 2.35. The van der Waals surface area contributed by atoms with Crippen molar-refractivity contribution < 1.29 is 19.7 Å². The Labute approximate surface area is 89.6 Å². The number of carboxylic acid groups (broad SMARTS) is 1. The first-order chi connectivity index (χ1) is 7.04. The smallest absolute Gasteiger partial charge is 0.308 e. The third kappa shape index (κ3) is 3.44. The van der Waals surface area contributed by atoms with Gasteiger partial charge in [0.2, 0.25) is 0 Å². The Morgan fingerprint density at radius 3 is 2.73 bits per heavy atom. The van der Waals surface area contributed by atoms with Gasteiger partial charge in [0.1, 0.15) is 0 Å². The number of ether oxygens (including phenoxy) is 1. The first kappa shape index (κ1) is 12.4. The Morgan fingerprint density at radius 2 is 2.27 bits per heavy atom. The number of rotatable bonds is 5. The lowest BCUT2D eigenvalue weighted by Gasteiger charge is -2.18. The largest absolute Gasteiger partial charge is 0.481 e. The second-order valence-corrected chi connectivity index (χ2v) is 4.25. The third-order valence-corrected chi connectivity index (χ3v) is 2.83. The number of likely N-dealkylation sites (tertiary alicyclic amines) is 1. The van der Waals surface area contributed by atoms with Crippen molar-refractivity contribution in [2.45, 2.75) is 13.0 Å². The van der Waals surface area contributed by atoms with Gasteiger partial charge in [-0.1, -0.05) is 6.92 Å². The molecule has 1 saturated heterocycles. The zero-order valence-electron chi connectivity index (χ0n) is 9.22. The fourth-order valence-electron chi connectivity index (χ4n) is 2.08. The second kappa shape index (κ2) is 5.44. The Balaban J connectivity index is 2.38. The Kier molecular flexibility index (Phi) is 4.50. The van der Waals surface area contributed by atoms with Crippen molar-refractivity contribution in [3.8, 4) is 0 Å².